The van der Waals surface area contributed by atoms with Gasteiger partial charge in [0.25, 0.3) is 0 Å². The van der Waals surface area contributed by atoms with Crippen molar-refractivity contribution in [2.24, 2.45) is 5.92 Å². The van der Waals surface area contributed by atoms with Crippen LogP contribution in [-0.2, 0) is 5.41 Å². The Kier molecular flexibility index (Phi) is 4.84. The summed E-state index contributed by atoms with van der Waals surface area (Å²) in [5.41, 5.74) is 3.62. The maximum Gasteiger partial charge on any atom is 0.387 e. The maximum atomic E-state index is 12.7. The normalized spacial score (nSPS) is 17.2. The number of benzene rings is 1. The fourth-order valence-corrected chi connectivity index (χ4v) is 3.36. The molecule has 1 fully saturated rings. The average Bonchev–Trinajstić information content (AvgIpc) is 3.18. The van der Waals surface area contributed by atoms with Crippen LogP contribution >= 0.6 is 0 Å². The molecule has 1 aliphatic rings. The average molecular weight is 310 g/mol. The van der Waals surface area contributed by atoms with Crippen molar-refractivity contribution in [3.05, 3.63) is 28.8 Å². The van der Waals surface area contributed by atoms with E-state index in [2.05, 4.69) is 41.5 Å². The quantitative estimate of drug-likeness (QED) is 0.627. The summed E-state index contributed by atoms with van der Waals surface area (Å²) in [6.45, 7) is 10.3. The monoisotopic (exact) mass is 310 g/mol. The minimum atomic E-state index is -2.77. The van der Waals surface area contributed by atoms with Gasteiger partial charge >= 0.3 is 6.61 Å². The van der Waals surface area contributed by atoms with Crippen LogP contribution in [0, 0.1) is 5.92 Å². The van der Waals surface area contributed by atoms with Crippen LogP contribution in [0.5, 0.6) is 5.75 Å². The zero-order valence-corrected chi connectivity index (χ0v) is 14.5. The summed E-state index contributed by atoms with van der Waals surface area (Å²) in [4.78, 5) is 0. The summed E-state index contributed by atoms with van der Waals surface area (Å²) in [5, 5.41) is 0. The molecule has 0 heterocycles. The Bertz CT molecular complexity index is 525. The molecule has 0 N–H and O–H groups in total. The van der Waals surface area contributed by atoms with E-state index in [1.54, 1.807) is 6.07 Å². The third-order valence-corrected chi connectivity index (χ3v) is 4.59. The Balaban J connectivity index is 2.61. The van der Waals surface area contributed by atoms with Crippen LogP contribution < -0.4 is 4.74 Å². The Morgan fingerprint density at radius 2 is 1.59 bits per heavy atom. The molecule has 0 spiro atoms. The van der Waals surface area contributed by atoms with Gasteiger partial charge in [-0.1, -0.05) is 41.5 Å². The fourth-order valence-electron chi connectivity index (χ4n) is 3.36. The van der Waals surface area contributed by atoms with Gasteiger partial charge in [-0.3, -0.25) is 0 Å². The summed E-state index contributed by atoms with van der Waals surface area (Å²) in [7, 11) is 0. The highest BCUT2D eigenvalue weighted by atomic mass is 19.3. The van der Waals surface area contributed by atoms with Crippen molar-refractivity contribution >= 4 is 0 Å². The first-order valence-corrected chi connectivity index (χ1v) is 8.24. The molecule has 0 saturated heterocycles. The number of hydrogen-bond donors (Lipinski definition) is 0. The Labute approximate surface area is 133 Å². The van der Waals surface area contributed by atoms with Crippen LogP contribution in [0.15, 0.2) is 12.1 Å². The zero-order valence-electron chi connectivity index (χ0n) is 14.5. The van der Waals surface area contributed by atoms with Gasteiger partial charge in [0.15, 0.2) is 0 Å². The SMILES string of the molecule is CC(C)c1cc(OC(F)F)cc(C(C)C2CC2)c1C(C)(C)C. The topological polar surface area (TPSA) is 9.23 Å². The van der Waals surface area contributed by atoms with Crippen molar-refractivity contribution in [3.8, 4) is 5.75 Å². The van der Waals surface area contributed by atoms with Crippen LogP contribution in [0.25, 0.3) is 0 Å². The first-order chi connectivity index (χ1) is 10.1. The molecule has 0 bridgehead atoms. The Morgan fingerprint density at radius 1 is 1.05 bits per heavy atom. The van der Waals surface area contributed by atoms with Gasteiger partial charge in [0.2, 0.25) is 0 Å². The lowest BCUT2D eigenvalue weighted by atomic mass is 9.74. The van der Waals surface area contributed by atoms with Crippen LogP contribution in [0.4, 0.5) is 8.78 Å². The van der Waals surface area contributed by atoms with Crippen molar-refractivity contribution in [3.63, 3.8) is 0 Å². The van der Waals surface area contributed by atoms with Crippen LogP contribution in [0.1, 0.15) is 82.9 Å². The summed E-state index contributed by atoms with van der Waals surface area (Å²) >= 11 is 0. The van der Waals surface area contributed by atoms with Gasteiger partial charge in [-0.2, -0.15) is 8.78 Å². The molecule has 124 valence electrons. The lowest BCUT2D eigenvalue weighted by Gasteiger charge is -2.31. The van der Waals surface area contributed by atoms with E-state index in [0.29, 0.717) is 17.6 Å². The van der Waals surface area contributed by atoms with Gasteiger partial charge in [0, 0.05) is 0 Å². The highest BCUT2D eigenvalue weighted by Crippen LogP contribution is 2.47. The second-order valence-corrected chi connectivity index (χ2v) is 7.89. The molecule has 1 aromatic carbocycles. The van der Waals surface area contributed by atoms with E-state index in [1.807, 2.05) is 6.07 Å². The summed E-state index contributed by atoms with van der Waals surface area (Å²) < 4.78 is 30.1. The summed E-state index contributed by atoms with van der Waals surface area (Å²) in [6.07, 6.45) is 2.48. The van der Waals surface area contributed by atoms with Crippen LogP contribution in [-0.4, -0.2) is 6.61 Å². The molecule has 22 heavy (non-hydrogen) atoms. The van der Waals surface area contributed by atoms with Crippen LogP contribution in [0.3, 0.4) is 0 Å². The highest BCUT2D eigenvalue weighted by Gasteiger charge is 2.34. The minimum absolute atomic E-state index is 0.0125. The van der Waals surface area contributed by atoms with Gasteiger partial charge < -0.3 is 4.74 Å². The van der Waals surface area contributed by atoms with E-state index >= 15 is 0 Å². The lowest BCUT2D eigenvalue weighted by molar-refractivity contribution is -0.0499. The van der Waals surface area contributed by atoms with Crippen molar-refractivity contribution in [1.82, 2.24) is 0 Å². The summed E-state index contributed by atoms with van der Waals surface area (Å²) in [6, 6.07) is 3.65. The predicted molar refractivity (Wildman–Crippen MR) is 87.0 cm³/mol. The van der Waals surface area contributed by atoms with Crippen molar-refractivity contribution in [2.75, 3.05) is 0 Å². The fraction of sp³-hybridized carbons (Fsp3) is 0.684. The molecule has 2 rings (SSSR count). The molecule has 0 amide bonds. The molecule has 1 atom stereocenters. The van der Waals surface area contributed by atoms with E-state index < -0.39 is 6.61 Å². The second-order valence-electron chi connectivity index (χ2n) is 7.89. The summed E-state index contributed by atoms with van der Waals surface area (Å²) in [5.74, 6) is 1.66. The number of ether oxygens (including phenoxy) is 1. The minimum Gasteiger partial charge on any atom is -0.435 e. The van der Waals surface area contributed by atoms with E-state index in [9.17, 15) is 8.78 Å². The van der Waals surface area contributed by atoms with Crippen molar-refractivity contribution in [2.45, 2.75) is 78.2 Å². The number of halogens is 2. The zero-order chi connectivity index (χ0) is 16.7. The number of hydrogen-bond acceptors (Lipinski definition) is 1. The molecule has 0 aliphatic heterocycles. The van der Waals surface area contributed by atoms with E-state index in [1.165, 1.54) is 24.0 Å². The number of alkyl halides is 2. The highest BCUT2D eigenvalue weighted by molar-refractivity contribution is 5.49. The number of rotatable bonds is 5. The van der Waals surface area contributed by atoms with Crippen molar-refractivity contribution in [1.29, 1.82) is 0 Å². The Hall–Kier alpha value is -1.12. The molecular formula is C19H28F2O. The maximum absolute atomic E-state index is 12.7. The van der Waals surface area contributed by atoms with Gasteiger partial charge in [-0.25, -0.2) is 0 Å². The van der Waals surface area contributed by atoms with Gasteiger partial charge in [0.1, 0.15) is 5.75 Å². The first-order valence-electron chi connectivity index (χ1n) is 8.24. The van der Waals surface area contributed by atoms with Gasteiger partial charge in [0.05, 0.1) is 0 Å². The molecule has 1 aliphatic carbocycles. The van der Waals surface area contributed by atoms with E-state index in [4.69, 9.17) is 4.74 Å². The van der Waals surface area contributed by atoms with Crippen molar-refractivity contribution < 1.29 is 13.5 Å². The molecule has 0 aromatic heterocycles. The lowest BCUT2D eigenvalue weighted by Crippen LogP contribution is -2.20. The molecule has 3 heteroatoms. The second kappa shape index (κ2) is 6.17. The predicted octanol–water partition coefficient (Wildman–Crippen LogP) is 6.22. The third kappa shape index (κ3) is 3.80. The molecule has 0 radical (unpaired) electrons. The first kappa shape index (κ1) is 17.2. The Morgan fingerprint density at radius 3 is 2.00 bits per heavy atom. The molecule has 1 nitrogen and oxygen atoms in total. The van der Waals surface area contributed by atoms with E-state index in [0.717, 1.165) is 5.56 Å². The van der Waals surface area contributed by atoms with Gasteiger partial charge in [-0.15, -0.1) is 0 Å². The molecular weight excluding hydrogens is 282 g/mol. The largest absolute Gasteiger partial charge is 0.435 e. The van der Waals surface area contributed by atoms with Gasteiger partial charge in [-0.05, 0) is 64.8 Å². The smallest absolute Gasteiger partial charge is 0.387 e. The molecule has 1 unspecified atom stereocenters. The molecule has 1 saturated carbocycles. The van der Waals surface area contributed by atoms with E-state index in [-0.39, 0.29) is 11.3 Å². The standard InChI is InChI=1S/C19H28F2O/c1-11(2)15-9-14(22-18(20)21)10-16(12(3)13-7-8-13)17(15)19(4,5)6/h9-13,18H,7-8H2,1-6H3. The molecule has 1 aromatic rings. The third-order valence-electron chi connectivity index (χ3n) is 4.59. The van der Waals surface area contributed by atoms with Crippen LogP contribution in [0.2, 0.25) is 0 Å².